The third kappa shape index (κ3) is 3.74. The molecule has 0 unspecified atom stereocenters. The number of ether oxygens (including phenoxy) is 1. The molecule has 0 saturated carbocycles. The average molecular weight is 248 g/mol. The third-order valence-corrected chi connectivity index (χ3v) is 3.07. The minimum absolute atomic E-state index is 0.00984. The molecule has 0 bridgehead atoms. The zero-order chi connectivity index (χ0) is 12.8. The van der Waals surface area contributed by atoms with E-state index in [1.165, 1.54) is 5.56 Å². The molecule has 18 heavy (non-hydrogen) atoms. The Morgan fingerprint density at radius 3 is 2.89 bits per heavy atom. The summed E-state index contributed by atoms with van der Waals surface area (Å²) in [6.07, 6.45) is 2.02. The highest BCUT2D eigenvalue weighted by molar-refractivity contribution is 5.81. The van der Waals surface area contributed by atoms with Crippen molar-refractivity contribution in [3.05, 3.63) is 29.8 Å². The summed E-state index contributed by atoms with van der Waals surface area (Å²) in [6.45, 7) is 4.03. The molecular weight excluding hydrogens is 228 g/mol. The fourth-order valence-corrected chi connectivity index (χ4v) is 2.01. The minimum atomic E-state index is -0.00984. The molecule has 4 heteroatoms. The first-order valence-corrected chi connectivity index (χ1v) is 6.46. The second-order valence-corrected chi connectivity index (χ2v) is 4.60. The largest absolute Gasteiger partial charge is 0.492 e. The molecule has 1 heterocycles. The monoisotopic (exact) mass is 248 g/mol. The van der Waals surface area contributed by atoms with E-state index in [-0.39, 0.29) is 11.9 Å². The van der Waals surface area contributed by atoms with Gasteiger partial charge in [0.2, 0.25) is 5.91 Å². The van der Waals surface area contributed by atoms with E-state index in [9.17, 15) is 4.79 Å². The van der Waals surface area contributed by atoms with Crippen LogP contribution in [-0.4, -0.2) is 31.6 Å². The van der Waals surface area contributed by atoms with E-state index in [4.69, 9.17) is 4.74 Å². The Labute approximate surface area is 108 Å². The summed E-state index contributed by atoms with van der Waals surface area (Å²) >= 11 is 0. The van der Waals surface area contributed by atoms with Gasteiger partial charge in [-0.25, -0.2) is 0 Å². The average Bonchev–Trinajstić information content (AvgIpc) is 2.90. The van der Waals surface area contributed by atoms with Crippen molar-refractivity contribution in [3.63, 3.8) is 0 Å². The number of rotatable bonds is 5. The molecule has 1 aromatic rings. The summed E-state index contributed by atoms with van der Waals surface area (Å²) in [7, 11) is 0. The second kappa shape index (κ2) is 6.40. The Kier molecular flexibility index (Phi) is 4.59. The highest BCUT2D eigenvalue weighted by Gasteiger charge is 2.21. The Balaban J connectivity index is 1.63. The van der Waals surface area contributed by atoms with Gasteiger partial charge in [0.1, 0.15) is 12.4 Å². The summed E-state index contributed by atoms with van der Waals surface area (Å²) < 4.78 is 5.54. The number of nitrogens with one attached hydrogen (secondary N) is 2. The van der Waals surface area contributed by atoms with Gasteiger partial charge in [0, 0.05) is 0 Å². The van der Waals surface area contributed by atoms with Gasteiger partial charge in [-0.05, 0) is 38.4 Å². The number of hydrogen-bond donors (Lipinski definition) is 2. The number of hydrogen-bond acceptors (Lipinski definition) is 3. The van der Waals surface area contributed by atoms with Crippen molar-refractivity contribution < 1.29 is 9.53 Å². The topological polar surface area (TPSA) is 50.4 Å². The van der Waals surface area contributed by atoms with Crippen molar-refractivity contribution in [3.8, 4) is 5.75 Å². The van der Waals surface area contributed by atoms with Crippen molar-refractivity contribution in [1.82, 2.24) is 10.6 Å². The van der Waals surface area contributed by atoms with Crippen LogP contribution in [-0.2, 0) is 4.79 Å². The predicted octanol–water partition coefficient (Wildman–Crippen LogP) is 1.24. The van der Waals surface area contributed by atoms with E-state index in [1.807, 2.05) is 31.2 Å². The van der Waals surface area contributed by atoms with Crippen molar-refractivity contribution in [2.24, 2.45) is 0 Å². The van der Waals surface area contributed by atoms with Gasteiger partial charge in [0.05, 0.1) is 12.6 Å². The van der Waals surface area contributed by atoms with E-state index in [0.717, 1.165) is 25.1 Å². The lowest BCUT2D eigenvalue weighted by molar-refractivity contribution is -0.122. The standard InChI is InChI=1S/C14H20N2O2/c1-11-4-6-12(7-5-11)18-10-9-16-14(17)13-3-2-8-15-13/h4-7,13,15H,2-3,8-10H2,1H3,(H,16,17)/t13-/m0/s1. The molecule has 1 aromatic carbocycles. The molecule has 0 spiro atoms. The Bertz CT molecular complexity index is 383. The van der Waals surface area contributed by atoms with Crippen LogP contribution in [0.3, 0.4) is 0 Å². The van der Waals surface area contributed by atoms with E-state index < -0.39 is 0 Å². The lowest BCUT2D eigenvalue weighted by Crippen LogP contribution is -2.41. The quantitative estimate of drug-likeness (QED) is 0.771. The van der Waals surface area contributed by atoms with E-state index in [2.05, 4.69) is 10.6 Å². The van der Waals surface area contributed by atoms with Gasteiger partial charge < -0.3 is 15.4 Å². The normalized spacial score (nSPS) is 18.6. The Morgan fingerprint density at radius 1 is 1.44 bits per heavy atom. The van der Waals surface area contributed by atoms with E-state index in [0.29, 0.717) is 13.2 Å². The molecule has 1 aliphatic heterocycles. The van der Waals surface area contributed by atoms with Crippen LogP contribution in [0.5, 0.6) is 5.75 Å². The first-order valence-electron chi connectivity index (χ1n) is 6.46. The molecule has 1 aliphatic rings. The molecule has 4 nitrogen and oxygen atoms in total. The highest BCUT2D eigenvalue weighted by atomic mass is 16.5. The lowest BCUT2D eigenvalue weighted by Gasteiger charge is -2.11. The van der Waals surface area contributed by atoms with Crippen LogP contribution >= 0.6 is 0 Å². The summed E-state index contributed by atoms with van der Waals surface area (Å²) in [5.41, 5.74) is 1.21. The number of carbonyl (C=O) groups is 1. The van der Waals surface area contributed by atoms with Gasteiger partial charge in [0.25, 0.3) is 0 Å². The van der Waals surface area contributed by atoms with Crippen molar-refractivity contribution >= 4 is 5.91 Å². The first-order chi connectivity index (χ1) is 8.75. The van der Waals surface area contributed by atoms with Gasteiger partial charge in [-0.1, -0.05) is 17.7 Å². The highest BCUT2D eigenvalue weighted by Crippen LogP contribution is 2.10. The summed E-state index contributed by atoms with van der Waals surface area (Å²) in [6, 6.07) is 7.89. The minimum Gasteiger partial charge on any atom is -0.492 e. The van der Waals surface area contributed by atoms with E-state index in [1.54, 1.807) is 0 Å². The SMILES string of the molecule is Cc1ccc(OCCNC(=O)[C@@H]2CCCN2)cc1. The maximum atomic E-state index is 11.7. The molecule has 0 radical (unpaired) electrons. The molecule has 1 amide bonds. The molecule has 1 saturated heterocycles. The maximum Gasteiger partial charge on any atom is 0.237 e. The van der Waals surface area contributed by atoms with Crippen LogP contribution in [0.25, 0.3) is 0 Å². The van der Waals surface area contributed by atoms with Crippen LogP contribution in [0, 0.1) is 6.92 Å². The maximum absolute atomic E-state index is 11.7. The molecule has 98 valence electrons. The van der Waals surface area contributed by atoms with E-state index >= 15 is 0 Å². The fourth-order valence-electron chi connectivity index (χ4n) is 2.01. The zero-order valence-electron chi connectivity index (χ0n) is 10.7. The number of carbonyl (C=O) groups excluding carboxylic acids is 1. The lowest BCUT2D eigenvalue weighted by atomic mass is 10.2. The molecular formula is C14H20N2O2. The second-order valence-electron chi connectivity index (χ2n) is 4.60. The summed E-state index contributed by atoms with van der Waals surface area (Å²) in [5, 5.41) is 6.05. The van der Waals surface area contributed by atoms with Gasteiger partial charge in [-0.3, -0.25) is 4.79 Å². The smallest absolute Gasteiger partial charge is 0.237 e. The van der Waals surface area contributed by atoms with Crippen molar-refractivity contribution in [1.29, 1.82) is 0 Å². The summed E-state index contributed by atoms with van der Waals surface area (Å²) in [4.78, 5) is 11.7. The first kappa shape index (κ1) is 12.9. The van der Waals surface area contributed by atoms with Crippen LogP contribution in [0.15, 0.2) is 24.3 Å². The van der Waals surface area contributed by atoms with Gasteiger partial charge in [-0.2, -0.15) is 0 Å². The molecule has 1 atom stereocenters. The molecule has 2 rings (SSSR count). The van der Waals surface area contributed by atoms with Crippen molar-refractivity contribution in [2.75, 3.05) is 19.7 Å². The molecule has 2 N–H and O–H groups in total. The van der Waals surface area contributed by atoms with Gasteiger partial charge >= 0.3 is 0 Å². The predicted molar refractivity (Wildman–Crippen MR) is 70.7 cm³/mol. The zero-order valence-corrected chi connectivity index (χ0v) is 10.7. The molecule has 0 aromatic heterocycles. The third-order valence-electron chi connectivity index (χ3n) is 3.07. The Hall–Kier alpha value is -1.55. The Morgan fingerprint density at radius 2 is 2.22 bits per heavy atom. The molecule has 1 fully saturated rings. The van der Waals surface area contributed by atoms with Gasteiger partial charge in [-0.15, -0.1) is 0 Å². The van der Waals surface area contributed by atoms with Crippen LogP contribution in [0.1, 0.15) is 18.4 Å². The summed E-state index contributed by atoms with van der Waals surface area (Å²) in [5.74, 6) is 0.925. The van der Waals surface area contributed by atoms with Crippen LogP contribution in [0.4, 0.5) is 0 Å². The fraction of sp³-hybridized carbons (Fsp3) is 0.500. The number of amides is 1. The van der Waals surface area contributed by atoms with Crippen LogP contribution < -0.4 is 15.4 Å². The number of benzene rings is 1. The van der Waals surface area contributed by atoms with Gasteiger partial charge in [0.15, 0.2) is 0 Å². The molecule has 0 aliphatic carbocycles. The van der Waals surface area contributed by atoms with Crippen molar-refractivity contribution in [2.45, 2.75) is 25.8 Å². The van der Waals surface area contributed by atoms with Crippen LogP contribution in [0.2, 0.25) is 0 Å². The number of aryl methyl sites for hydroxylation is 1.